The molecule has 90 valence electrons. The second-order valence-electron chi connectivity index (χ2n) is 4.27. The fraction of sp³-hybridized carbons (Fsp3) is 0. The second-order valence-corrected chi connectivity index (χ2v) is 4.27. The van der Waals surface area contributed by atoms with E-state index in [2.05, 4.69) is 15.0 Å². The van der Waals surface area contributed by atoms with Crippen molar-refractivity contribution in [2.75, 3.05) is 0 Å². The molecule has 3 aromatic rings. The van der Waals surface area contributed by atoms with Crippen molar-refractivity contribution in [3.05, 3.63) is 54.0 Å². The van der Waals surface area contributed by atoms with Crippen LogP contribution >= 0.6 is 0 Å². The summed E-state index contributed by atoms with van der Waals surface area (Å²) in [4.78, 5) is 24.6. The zero-order valence-electron chi connectivity index (χ0n) is 9.59. The topological polar surface area (TPSA) is 55.7 Å². The van der Waals surface area contributed by atoms with Crippen molar-refractivity contribution in [1.82, 2.24) is 15.0 Å². The summed E-state index contributed by atoms with van der Waals surface area (Å²) in [6, 6.07) is 5.04. The first-order chi connectivity index (χ1) is 9.27. The minimum absolute atomic E-state index is 0.214. The lowest BCUT2D eigenvalue weighted by Crippen LogP contribution is -2.14. The van der Waals surface area contributed by atoms with E-state index in [1.165, 1.54) is 6.20 Å². The molecule has 0 aliphatic heterocycles. The van der Waals surface area contributed by atoms with Crippen LogP contribution in [0.4, 0.5) is 4.39 Å². The normalized spacial score (nSPS) is 12.6. The molecule has 0 spiro atoms. The first kappa shape index (κ1) is 10.3. The van der Waals surface area contributed by atoms with Gasteiger partial charge in [-0.2, -0.15) is 0 Å². The van der Waals surface area contributed by atoms with Gasteiger partial charge in [-0.05, 0) is 18.2 Å². The van der Waals surface area contributed by atoms with E-state index in [0.717, 1.165) is 6.20 Å². The molecule has 0 unspecified atom stereocenters. The first-order valence-electron chi connectivity index (χ1n) is 5.70. The van der Waals surface area contributed by atoms with Crippen molar-refractivity contribution in [1.29, 1.82) is 0 Å². The van der Waals surface area contributed by atoms with Crippen LogP contribution in [0.3, 0.4) is 0 Å². The molecule has 3 heterocycles. The summed E-state index contributed by atoms with van der Waals surface area (Å²) < 4.78 is 13.8. The number of hydrogen-bond acceptors (Lipinski definition) is 4. The van der Waals surface area contributed by atoms with Gasteiger partial charge in [-0.25, -0.2) is 4.39 Å². The van der Waals surface area contributed by atoms with E-state index in [1.807, 2.05) is 0 Å². The predicted octanol–water partition coefficient (Wildman–Crippen LogP) is 2.38. The Bertz CT molecular complexity index is 860. The van der Waals surface area contributed by atoms with Crippen LogP contribution in [-0.2, 0) is 0 Å². The molecule has 4 nitrogen and oxygen atoms in total. The number of hydrogen-bond donors (Lipinski definition) is 0. The molecule has 1 aliphatic carbocycles. The van der Waals surface area contributed by atoms with Crippen LogP contribution in [-0.4, -0.2) is 20.7 Å². The number of fused-ring (bicyclic) bond motifs is 2. The quantitative estimate of drug-likeness (QED) is 0.481. The van der Waals surface area contributed by atoms with E-state index in [1.54, 1.807) is 24.4 Å². The lowest BCUT2D eigenvalue weighted by Gasteiger charge is -2.16. The van der Waals surface area contributed by atoms with E-state index >= 15 is 0 Å². The molecule has 0 saturated carbocycles. The van der Waals surface area contributed by atoms with Gasteiger partial charge < -0.3 is 0 Å². The van der Waals surface area contributed by atoms with Crippen molar-refractivity contribution in [3.8, 4) is 11.3 Å². The van der Waals surface area contributed by atoms with E-state index in [9.17, 15) is 9.18 Å². The largest absolute Gasteiger partial charge is 0.285 e. The Morgan fingerprint density at radius 2 is 1.79 bits per heavy atom. The molecule has 0 saturated heterocycles. The van der Waals surface area contributed by atoms with Crippen molar-refractivity contribution in [3.63, 3.8) is 0 Å². The fourth-order valence-electron chi connectivity index (χ4n) is 2.42. The lowest BCUT2D eigenvalue weighted by molar-refractivity contribution is 0.103. The second kappa shape index (κ2) is 3.41. The summed E-state index contributed by atoms with van der Waals surface area (Å²) in [7, 11) is 0. The van der Waals surface area contributed by atoms with E-state index in [-0.39, 0.29) is 11.5 Å². The van der Waals surface area contributed by atoms with E-state index < -0.39 is 5.82 Å². The molecule has 0 aromatic carbocycles. The zero-order chi connectivity index (χ0) is 13.0. The van der Waals surface area contributed by atoms with Crippen LogP contribution in [0.15, 0.2) is 36.8 Å². The third-order valence-electron chi connectivity index (χ3n) is 3.25. The monoisotopic (exact) mass is 251 g/mol. The zero-order valence-corrected chi connectivity index (χ0v) is 9.59. The molecule has 19 heavy (non-hydrogen) atoms. The Labute approximate surface area is 107 Å². The third kappa shape index (κ3) is 1.21. The number of pyridine rings is 3. The predicted molar refractivity (Wildman–Crippen MR) is 66.2 cm³/mol. The fourth-order valence-corrected chi connectivity index (χ4v) is 2.42. The summed E-state index contributed by atoms with van der Waals surface area (Å²) >= 11 is 0. The number of halogens is 1. The summed E-state index contributed by atoms with van der Waals surface area (Å²) in [5.41, 5.74) is 1.71. The van der Waals surface area contributed by atoms with E-state index in [4.69, 9.17) is 0 Å². The average molecular weight is 251 g/mol. The molecule has 4 rings (SSSR count). The maximum absolute atomic E-state index is 13.8. The standard InChI is InChI=1S/C14H6FN3O/c15-9-6-18-11-8-2-1-4-16-12(8)14(19)13-10(11)7(9)3-5-17-13/h1-6H. The highest BCUT2D eigenvalue weighted by molar-refractivity contribution is 6.23. The number of nitrogens with zero attached hydrogens (tertiary/aromatic N) is 3. The summed E-state index contributed by atoms with van der Waals surface area (Å²) in [6.45, 7) is 0. The van der Waals surface area contributed by atoms with Crippen LogP contribution in [0.2, 0.25) is 0 Å². The maximum Gasteiger partial charge on any atom is 0.231 e. The van der Waals surface area contributed by atoms with Crippen LogP contribution in [0.25, 0.3) is 22.0 Å². The average Bonchev–Trinajstić information content (AvgIpc) is 2.46. The van der Waals surface area contributed by atoms with Gasteiger partial charge in [0.15, 0.2) is 0 Å². The third-order valence-corrected chi connectivity index (χ3v) is 3.25. The molecule has 0 radical (unpaired) electrons. The first-order valence-corrected chi connectivity index (χ1v) is 5.70. The van der Waals surface area contributed by atoms with Crippen molar-refractivity contribution in [2.24, 2.45) is 0 Å². The number of carbonyl (C=O) groups is 1. The lowest BCUT2D eigenvalue weighted by atomic mass is 9.92. The van der Waals surface area contributed by atoms with E-state index in [0.29, 0.717) is 27.7 Å². The Morgan fingerprint density at radius 1 is 0.947 bits per heavy atom. The molecule has 0 atom stereocenters. The Morgan fingerprint density at radius 3 is 2.68 bits per heavy atom. The van der Waals surface area contributed by atoms with Crippen LogP contribution in [0, 0.1) is 5.82 Å². The molecule has 0 bridgehead atoms. The van der Waals surface area contributed by atoms with Crippen LogP contribution in [0.5, 0.6) is 0 Å². The van der Waals surface area contributed by atoms with Gasteiger partial charge in [-0.3, -0.25) is 19.7 Å². The Balaban J connectivity index is 2.28. The van der Waals surface area contributed by atoms with Crippen LogP contribution < -0.4 is 0 Å². The highest BCUT2D eigenvalue weighted by Crippen LogP contribution is 2.36. The molecule has 0 N–H and O–H groups in total. The molecule has 5 heteroatoms. The minimum atomic E-state index is -0.456. The van der Waals surface area contributed by atoms with Gasteiger partial charge in [-0.15, -0.1) is 0 Å². The smallest absolute Gasteiger partial charge is 0.231 e. The molecule has 3 aromatic heterocycles. The van der Waals surface area contributed by atoms with Crippen molar-refractivity contribution >= 4 is 16.6 Å². The molecule has 0 fully saturated rings. The molecule has 1 aliphatic rings. The summed E-state index contributed by atoms with van der Waals surface area (Å²) in [6.07, 6.45) is 4.13. The van der Waals surface area contributed by atoms with Crippen molar-refractivity contribution in [2.45, 2.75) is 0 Å². The molecular formula is C14H6FN3O. The summed E-state index contributed by atoms with van der Waals surface area (Å²) in [5, 5.41) is 0.825. The van der Waals surface area contributed by atoms with Gasteiger partial charge in [-0.1, -0.05) is 0 Å². The minimum Gasteiger partial charge on any atom is -0.285 e. The number of aromatic nitrogens is 3. The Kier molecular flexibility index (Phi) is 1.84. The highest BCUT2D eigenvalue weighted by atomic mass is 19.1. The maximum atomic E-state index is 13.8. The van der Waals surface area contributed by atoms with Gasteiger partial charge in [0.1, 0.15) is 17.2 Å². The summed E-state index contributed by atoms with van der Waals surface area (Å²) in [5.74, 6) is -0.747. The van der Waals surface area contributed by atoms with Gasteiger partial charge in [0, 0.05) is 28.7 Å². The van der Waals surface area contributed by atoms with Gasteiger partial charge in [0.2, 0.25) is 5.78 Å². The van der Waals surface area contributed by atoms with Gasteiger partial charge >= 0.3 is 0 Å². The highest BCUT2D eigenvalue weighted by Gasteiger charge is 2.29. The van der Waals surface area contributed by atoms with Crippen LogP contribution in [0.1, 0.15) is 16.2 Å². The number of ketones is 1. The van der Waals surface area contributed by atoms with Gasteiger partial charge in [0.05, 0.1) is 11.9 Å². The SMILES string of the molecule is O=C1c2ncccc2-c2ncc(F)c3ccnc1c23. The number of carbonyl (C=O) groups excluding carboxylic acids is 1. The molecular weight excluding hydrogens is 245 g/mol. The molecule has 0 amide bonds. The van der Waals surface area contributed by atoms with Crippen molar-refractivity contribution < 1.29 is 9.18 Å². The Hall–Kier alpha value is -2.69. The van der Waals surface area contributed by atoms with Gasteiger partial charge in [0.25, 0.3) is 0 Å². The number of rotatable bonds is 0.